The highest BCUT2D eigenvalue weighted by atomic mass is 16.5. The van der Waals surface area contributed by atoms with Gasteiger partial charge in [0, 0.05) is 21.5 Å². The third kappa shape index (κ3) is 4.10. The summed E-state index contributed by atoms with van der Waals surface area (Å²) in [5, 5.41) is 54.3. The number of rotatable bonds is 2. The molecule has 2 aliphatic rings. The average molecular weight is 731 g/mol. The molecule has 0 fully saturated rings. The van der Waals surface area contributed by atoms with Crippen LogP contribution in [0.1, 0.15) is 47.2 Å². The van der Waals surface area contributed by atoms with E-state index in [2.05, 4.69) is 0 Å². The SMILES string of the molecule is CC1(c2ccc(C3(C)c4c(O)cc5ccccc5c4Oc4c3c(O)cc3ccccc43)cc2)c2c(O)cc3ccccc3c2Oc2c1c(O)cc1ccccc21. The molecule has 0 unspecified atom stereocenters. The molecular formula is C50H34O6. The van der Waals surface area contributed by atoms with E-state index in [4.69, 9.17) is 9.47 Å². The third-order valence-corrected chi connectivity index (χ3v) is 12.4. The molecule has 9 aromatic rings. The van der Waals surface area contributed by atoms with Gasteiger partial charge < -0.3 is 29.9 Å². The minimum Gasteiger partial charge on any atom is -0.507 e. The lowest BCUT2D eigenvalue weighted by Gasteiger charge is -2.41. The van der Waals surface area contributed by atoms with E-state index < -0.39 is 10.8 Å². The average Bonchev–Trinajstić information content (AvgIpc) is 3.20. The highest BCUT2D eigenvalue weighted by Gasteiger charge is 2.48. The van der Waals surface area contributed by atoms with E-state index in [0.717, 1.165) is 54.2 Å². The van der Waals surface area contributed by atoms with Gasteiger partial charge >= 0.3 is 0 Å². The number of hydrogen-bond donors (Lipinski definition) is 4. The minimum atomic E-state index is -1.09. The maximum Gasteiger partial charge on any atom is 0.143 e. The molecule has 0 saturated carbocycles. The summed E-state index contributed by atoms with van der Waals surface area (Å²) in [4.78, 5) is 0. The topological polar surface area (TPSA) is 99.4 Å². The van der Waals surface area contributed by atoms with E-state index in [0.29, 0.717) is 45.3 Å². The summed E-state index contributed by atoms with van der Waals surface area (Å²) >= 11 is 0. The van der Waals surface area contributed by atoms with E-state index in [1.54, 1.807) is 24.3 Å². The molecule has 11 rings (SSSR count). The Balaban J connectivity index is 1.19. The van der Waals surface area contributed by atoms with Crippen molar-refractivity contribution < 1.29 is 29.9 Å². The Morgan fingerprint density at radius 3 is 0.821 bits per heavy atom. The summed E-state index contributed by atoms with van der Waals surface area (Å²) in [5.41, 5.74) is 1.59. The van der Waals surface area contributed by atoms with Gasteiger partial charge in [0.1, 0.15) is 46.0 Å². The van der Waals surface area contributed by atoms with Crippen LogP contribution in [0.25, 0.3) is 43.1 Å². The van der Waals surface area contributed by atoms with Gasteiger partial charge in [0.25, 0.3) is 0 Å². The number of hydrogen-bond acceptors (Lipinski definition) is 6. The van der Waals surface area contributed by atoms with Crippen LogP contribution < -0.4 is 9.47 Å². The molecule has 2 heterocycles. The maximum atomic E-state index is 11.9. The van der Waals surface area contributed by atoms with Crippen molar-refractivity contribution in [3.63, 3.8) is 0 Å². The molecule has 2 aliphatic heterocycles. The van der Waals surface area contributed by atoms with Gasteiger partial charge in [0.2, 0.25) is 0 Å². The van der Waals surface area contributed by atoms with Crippen molar-refractivity contribution in [3.8, 4) is 46.0 Å². The predicted molar refractivity (Wildman–Crippen MR) is 220 cm³/mol. The fourth-order valence-corrected chi connectivity index (χ4v) is 9.73. The van der Waals surface area contributed by atoms with E-state index >= 15 is 0 Å². The number of phenols is 4. The van der Waals surface area contributed by atoms with Gasteiger partial charge in [-0.3, -0.25) is 0 Å². The fraction of sp³-hybridized carbons (Fsp3) is 0.0800. The Hall–Kier alpha value is -7.18. The van der Waals surface area contributed by atoms with Crippen molar-refractivity contribution in [1.29, 1.82) is 0 Å². The van der Waals surface area contributed by atoms with Crippen LogP contribution in [0.4, 0.5) is 0 Å². The van der Waals surface area contributed by atoms with Crippen molar-refractivity contribution in [3.05, 3.63) is 179 Å². The Morgan fingerprint density at radius 1 is 0.339 bits per heavy atom. The van der Waals surface area contributed by atoms with Gasteiger partial charge in [0.15, 0.2) is 0 Å². The molecule has 0 saturated heterocycles. The van der Waals surface area contributed by atoms with Gasteiger partial charge in [-0.15, -0.1) is 0 Å². The van der Waals surface area contributed by atoms with Crippen LogP contribution in [0.5, 0.6) is 46.0 Å². The molecule has 0 aliphatic carbocycles. The van der Waals surface area contributed by atoms with Gasteiger partial charge in [0.05, 0.1) is 33.1 Å². The molecule has 4 N–H and O–H groups in total. The predicted octanol–water partition coefficient (Wildman–Crippen LogP) is 12.0. The second kappa shape index (κ2) is 11.2. The summed E-state index contributed by atoms with van der Waals surface area (Å²) in [7, 11) is 0. The summed E-state index contributed by atoms with van der Waals surface area (Å²) < 4.78 is 13.6. The van der Waals surface area contributed by atoms with Gasteiger partial charge in [-0.25, -0.2) is 0 Å². The van der Waals surface area contributed by atoms with E-state index in [1.807, 2.05) is 135 Å². The number of ether oxygens (including phenoxy) is 2. The van der Waals surface area contributed by atoms with Crippen LogP contribution in [-0.4, -0.2) is 20.4 Å². The van der Waals surface area contributed by atoms with Crippen molar-refractivity contribution >= 4 is 43.1 Å². The summed E-state index contributed by atoms with van der Waals surface area (Å²) in [6, 6.07) is 46.3. The number of benzene rings is 9. The standard InChI is InChI=1S/C50H34O6/c1-49(41-37(51)23-27-11-3-7-15-33(27)45(41)55-46-34-16-8-4-12-28(34)24-38(52)42(46)49)31-19-21-32(22-20-31)50(2)43-39(53)25-29-13-5-9-17-35(29)47(43)56-48-36-18-10-6-14-30(36)26-40(54)44(48)50/h3-26,51-54H,1-2H3. The number of phenolic OH excluding ortho intramolecular Hbond substituents is 4. The first-order valence-electron chi connectivity index (χ1n) is 18.7. The monoisotopic (exact) mass is 730 g/mol. The van der Waals surface area contributed by atoms with Crippen molar-refractivity contribution in [2.45, 2.75) is 24.7 Å². The maximum absolute atomic E-state index is 11.9. The molecule has 0 spiro atoms. The van der Waals surface area contributed by atoms with Gasteiger partial charge in [-0.1, -0.05) is 121 Å². The molecule has 6 nitrogen and oxygen atoms in total. The molecule has 0 atom stereocenters. The molecule has 0 radical (unpaired) electrons. The highest BCUT2D eigenvalue weighted by Crippen LogP contribution is 2.63. The van der Waals surface area contributed by atoms with Crippen LogP contribution in [0.2, 0.25) is 0 Å². The zero-order valence-electron chi connectivity index (χ0n) is 30.5. The smallest absolute Gasteiger partial charge is 0.143 e. The minimum absolute atomic E-state index is 0.0522. The third-order valence-electron chi connectivity index (χ3n) is 12.4. The summed E-state index contributed by atoms with van der Waals surface area (Å²) in [6.07, 6.45) is 0. The van der Waals surface area contributed by atoms with Crippen LogP contribution in [0, 0.1) is 0 Å². The first kappa shape index (κ1) is 32.3. The zero-order chi connectivity index (χ0) is 38.1. The molecule has 270 valence electrons. The van der Waals surface area contributed by atoms with Crippen LogP contribution in [0.15, 0.2) is 146 Å². The first-order chi connectivity index (χ1) is 27.2. The molecular weight excluding hydrogens is 697 g/mol. The molecule has 0 aromatic heterocycles. The fourth-order valence-electron chi connectivity index (χ4n) is 9.73. The zero-order valence-corrected chi connectivity index (χ0v) is 30.5. The summed E-state index contributed by atoms with van der Waals surface area (Å²) in [6.45, 7) is 4.03. The van der Waals surface area contributed by atoms with Crippen molar-refractivity contribution in [1.82, 2.24) is 0 Å². The molecule has 0 bridgehead atoms. The Morgan fingerprint density at radius 2 is 0.571 bits per heavy atom. The second-order valence-electron chi connectivity index (χ2n) is 15.3. The number of aromatic hydroxyl groups is 4. The van der Waals surface area contributed by atoms with Crippen molar-refractivity contribution in [2.75, 3.05) is 0 Å². The lowest BCUT2D eigenvalue weighted by molar-refractivity contribution is 0.387. The lowest BCUT2D eigenvalue weighted by atomic mass is 9.65. The quantitative estimate of drug-likeness (QED) is 0.141. The molecule has 9 aromatic carbocycles. The van der Waals surface area contributed by atoms with Gasteiger partial charge in [-0.2, -0.15) is 0 Å². The Kier molecular flexibility index (Phi) is 6.44. The van der Waals surface area contributed by atoms with Crippen molar-refractivity contribution in [2.24, 2.45) is 0 Å². The normalized spacial score (nSPS) is 14.8. The molecule has 56 heavy (non-hydrogen) atoms. The first-order valence-corrected chi connectivity index (χ1v) is 18.7. The van der Waals surface area contributed by atoms with E-state index in [-0.39, 0.29) is 23.0 Å². The Labute approximate surface area is 321 Å². The number of fused-ring (bicyclic) bond motifs is 12. The largest absolute Gasteiger partial charge is 0.507 e. The van der Waals surface area contributed by atoms with E-state index in [9.17, 15) is 20.4 Å². The molecule has 6 heteroatoms. The summed E-state index contributed by atoms with van der Waals surface area (Å²) in [5.74, 6) is 2.33. The van der Waals surface area contributed by atoms with E-state index in [1.165, 1.54) is 0 Å². The van der Waals surface area contributed by atoms with Crippen LogP contribution >= 0.6 is 0 Å². The molecule has 0 amide bonds. The lowest BCUT2D eigenvalue weighted by Crippen LogP contribution is -2.32. The highest BCUT2D eigenvalue weighted by molar-refractivity contribution is 6.00. The van der Waals surface area contributed by atoms with Crippen LogP contribution in [-0.2, 0) is 10.8 Å². The van der Waals surface area contributed by atoms with Gasteiger partial charge in [-0.05, 0) is 70.8 Å². The van der Waals surface area contributed by atoms with Crippen LogP contribution in [0.3, 0.4) is 0 Å². The Bertz CT molecular complexity index is 2770. The second-order valence-corrected chi connectivity index (χ2v) is 15.3.